The number of hydrogen-bond acceptors (Lipinski definition) is 3. The molecule has 0 aromatic carbocycles. The fourth-order valence-electron chi connectivity index (χ4n) is 0.779. The molecular formula is C8H8F2O2S2. The van der Waals surface area contributed by atoms with Crippen LogP contribution in [-0.2, 0) is 9.84 Å². The van der Waals surface area contributed by atoms with Crippen LogP contribution in [0.1, 0.15) is 6.92 Å². The molecule has 0 N–H and O–H groups in total. The Morgan fingerprint density at radius 2 is 2.14 bits per heavy atom. The van der Waals surface area contributed by atoms with Gasteiger partial charge in [-0.25, -0.2) is 17.2 Å². The average molecular weight is 238 g/mol. The van der Waals surface area contributed by atoms with E-state index in [-0.39, 0.29) is 4.90 Å². The van der Waals surface area contributed by atoms with Gasteiger partial charge in [-0.2, -0.15) is 11.3 Å². The molecule has 0 saturated heterocycles. The molecule has 0 atom stereocenters. The second-order valence-electron chi connectivity index (χ2n) is 2.66. The summed E-state index contributed by atoms with van der Waals surface area (Å²) < 4.78 is 47.8. The van der Waals surface area contributed by atoms with Crippen molar-refractivity contribution in [2.45, 2.75) is 11.8 Å². The van der Waals surface area contributed by atoms with Gasteiger partial charge < -0.3 is 0 Å². The van der Waals surface area contributed by atoms with Crippen LogP contribution in [0.2, 0.25) is 0 Å². The molecule has 1 heterocycles. The van der Waals surface area contributed by atoms with Crippen LogP contribution in [0.15, 0.2) is 33.4 Å². The summed E-state index contributed by atoms with van der Waals surface area (Å²) >= 11 is 1.19. The molecule has 0 aliphatic rings. The smallest absolute Gasteiger partial charge is 0.185 e. The van der Waals surface area contributed by atoms with E-state index >= 15 is 0 Å². The van der Waals surface area contributed by atoms with Crippen molar-refractivity contribution in [1.82, 2.24) is 0 Å². The lowest BCUT2D eigenvalue weighted by Crippen LogP contribution is -2.06. The van der Waals surface area contributed by atoms with Crippen molar-refractivity contribution in [3.63, 3.8) is 0 Å². The lowest BCUT2D eigenvalue weighted by atomic mass is 10.5. The van der Waals surface area contributed by atoms with Crippen molar-refractivity contribution in [1.29, 1.82) is 0 Å². The number of hydrogen-bond donors (Lipinski definition) is 0. The summed E-state index contributed by atoms with van der Waals surface area (Å²) in [6.07, 6.45) is 0. The fourth-order valence-corrected chi connectivity index (χ4v) is 3.11. The van der Waals surface area contributed by atoms with Gasteiger partial charge in [-0.3, -0.25) is 0 Å². The minimum atomic E-state index is -3.72. The third-order valence-electron chi connectivity index (χ3n) is 1.54. The molecule has 0 unspecified atom stereocenters. The first-order valence-electron chi connectivity index (χ1n) is 3.69. The highest BCUT2D eigenvalue weighted by atomic mass is 32.2. The summed E-state index contributed by atoms with van der Waals surface area (Å²) in [4.78, 5) is 0.0268. The molecule has 1 rings (SSSR count). The van der Waals surface area contributed by atoms with E-state index in [2.05, 4.69) is 0 Å². The van der Waals surface area contributed by atoms with E-state index in [1.54, 1.807) is 5.38 Å². The van der Waals surface area contributed by atoms with Crippen molar-refractivity contribution in [2.24, 2.45) is 0 Å². The lowest BCUT2D eigenvalue weighted by molar-refractivity contribution is 0.532. The van der Waals surface area contributed by atoms with Crippen molar-refractivity contribution >= 4 is 21.2 Å². The maximum Gasteiger partial charge on any atom is 0.185 e. The Balaban J connectivity index is 2.96. The number of rotatable bonds is 3. The van der Waals surface area contributed by atoms with E-state index < -0.39 is 27.2 Å². The van der Waals surface area contributed by atoms with Gasteiger partial charge in [0.2, 0.25) is 0 Å². The Morgan fingerprint density at radius 1 is 1.50 bits per heavy atom. The zero-order valence-corrected chi connectivity index (χ0v) is 8.96. The third kappa shape index (κ3) is 2.62. The van der Waals surface area contributed by atoms with Crippen LogP contribution >= 0.6 is 11.3 Å². The van der Waals surface area contributed by atoms with Crippen LogP contribution in [0, 0.1) is 0 Å². The Morgan fingerprint density at radius 3 is 2.57 bits per heavy atom. The number of halogens is 2. The van der Waals surface area contributed by atoms with Crippen LogP contribution in [0.5, 0.6) is 0 Å². The molecule has 78 valence electrons. The van der Waals surface area contributed by atoms with E-state index in [4.69, 9.17) is 0 Å². The van der Waals surface area contributed by atoms with E-state index in [1.165, 1.54) is 22.8 Å². The minimum absolute atomic E-state index is 0.0268. The maximum atomic E-state index is 12.7. The highest BCUT2D eigenvalue weighted by Crippen LogP contribution is 2.19. The van der Waals surface area contributed by atoms with Gasteiger partial charge in [-0.05, 0) is 18.4 Å². The zero-order chi connectivity index (χ0) is 10.8. The number of thiophene rings is 1. The highest BCUT2D eigenvalue weighted by molar-refractivity contribution is 7.91. The molecule has 0 radical (unpaired) electrons. The third-order valence-corrected chi connectivity index (χ3v) is 3.98. The molecule has 0 fully saturated rings. The van der Waals surface area contributed by atoms with Crippen LogP contribution in [0.4, 0.5) is 8.78 Å². The Kier molecular flexibility index (Phi) is 3.38. The van der Waals surface area contributed by atoms with Gasteiger partial charge in [0.1, 0.15) is 17.4 Å². The second-order valence-corrected chi connectivity index (χ2v) is 5.43. The number of allylic oxidation sites excluding steroid dienone is 1. The molecule has 2 nitrogen and oxygen atoms in total. The van der Waals surface area contributed by atoms with Crippen molar-refractivity contribution in [3.8, 4) is 0 Å². The predicted molar refractivity (Wildman–Crippen MR) is 51.3 cm³/mol. The molecule has 14 heavy (non-hydrogen) atoms. The fraction of sp³-hybridized carbons (Fsp3) is 0.250. The normalized spacial score (nSPS) is 13.9. The van der Waals surface area contributed by atoms with Gasteiger partial charge in [0.25, 0.3) is 0 Å². The minimum Gasteiger partial charge on any atom is -0.223 e. The Labute approximate surface area is 84.8 Å². The van der Waals surface area contributed by atoms with E-state index in [9.17, 15) is 17.2 Å². The highest BCUT2D eigenvalue weighted by Gasteiger charge is 2.18. The molecule has 0 spiro atoms. The summed E-state index contributed by atoms with van der Waals surface area (Å²) in [7, 11) is -3.72. The lowest BCUT2D eigenvalue weighted by Gasteiger charge is -1.99. The molecule has 0 amide bonds. The van der Waals surface area contributed by atoms with Gasteiger partial charge >= 0.3 is 0 Å². The predicted octanol–water partition coefficient (Wildman–Crippen LogP) is 2.69. The molecule has 1 aromatic rings. The number of sulfone groups is 1. The molecule has 1 aromatic heterocycles. The van der Waals surface area contributed by atoms with Gasteiger partial charge in [0, 0.05) is 5.38 Å². The van der Waals surface area contributed by atoms with E-state index in [0.29, 0.717) is 0 Å². The van der Waals surface area contributed by atoms with Gasteiger partial charge in [-0.15, -0.1) is 0 Å². The summed E-state index contributed by atoms with van der Waals surface area (Å²) in [5.74, 6) is -3.24. The summed E-state index contributed by atoms with van der Waals surface area (Å²) in [5, 5.41) is 2.95. The van der Waals surface area contributed by atoms with Crippen molar-refractivity contribution in [2.75, 3.05) is 5.75 Å². The average Bonchev–Trinajstić information content (AvgIpc) is 2.54. The van der Waals surface area contributed by atoms with Crippen LogP contribution < -0.4 is 0 Å². The Hall–Kier alpha value is -0.750. The van der Waals surface area contributed by atoms with Crippen molar-refractivity contribution in [3.05, 3.63) is 28.5 Å². The molecule has 0 saturated carbocycles. The SMILES string of the molecule is C/C(F)=C(\F)CS(=O)(=O)c1ccsc1. The largest absolute Gasteiger partial charge is 0.223 e. The topological polar surface area (TPSA) is 34.1 Å². The zero-order valence-electron chi connectivity index (χ0n) is 7.33. The summed E-state index contributed by atoms with van der Waals surface area (Å²) in [6, 6.07) is 1.36. The first-order chi connectivity index (χ1) is 6.43. The van der Waals surface area contributed by atoms with Crippen molar-refractivity contribution < 1.29 is 17.2 Å². The molecule has 6 heteroatoms. The maximum absolute atomic E-state index is 12.7. The quantitative estimate of drug-likeness (QED) is 0.811. The van der Waals surface area contributed by atoms with Crippen LogP contribution in [0.3, 0.4) is 0 Å². The van der Waals surface area contributed by atoms with Gasteiger partial charge in [0.15, 0.2) is 9.84 Å². The monoisotopic (exact) mass is 238 g/mol. The Bertz CT molecular complexity index is 428. The van der Waals surface area contributed by atoms with Crippen LogP contribution in [0.25, 0.3) is 0 Å². The molecule has 0 aliphatic carbocycles. The van der Waals surface area contributed by atoms with E-state index in [1.807, 2.05) is 0 Å². The molecule has 0 aliphatic heterocycles. The standard InChI is InChI=1S/C8H8F2O2S2/c1-6(9)8(10)5-14(11,12)7-2-3-13-4-7/h2-4H,5H2,1H3/b8-6+. The second kappa shape index (κ2) is 4.18. The first kappa shape index (κ1) is 11.3. The molecule has 0 bridgehead atoms. The molecular weight excluding hydrogens is 230 g/mol. The summed E-state index contributed by atoms with van der Waals surface area (Å²) in [5.41, 5.74) is 0. The van der Waals surface area contributed by atoms with Gasteiger partial charge in [0.05, 0.1) is 4.90 Å². The van der Waals surface area contributed by atoms with Gasteiger partial charge in [-0.1, -0.05) is 0 Å². The first-order valence-corrected chi connectivity index (χ1v) is 6.28. The summed E-state index contributed by atoms with van der Waals surface area (Å²) in [6.45, 7) is 0.887. The van der Waals surface area contributed by atoms with E-state index in [0.717, 1.165) is 6.92 Å². The van der Waals surface area contributed by atoms with Crippen LogP contribution in [-0.4, -0.2) is 14.2 Å².